The summed E-state index contributed by atoms with van der Waals surface area (Å²) in [7, 11) is 0. The molecule has 0 heterocycles. The van der Waals surface area contributed by atoms with Gasteiger partial charge in [-0.05, 0) is 35.9 Å². The topological polar surface area (TPSA) is 38.3 Å². The number of carbonyl (C=O) groups excluding carboxylic acids is 1. The second-order valence-electron chi connectivity index (χ2n) is 5.50. The molecule has 0 bridgehead atoms. The fourth-order valence-corrected chi connectivity index (χ4v) is 2.94. The van der Waals surface area contributed by atoms with Crippen molar-refractivity contribution in [2.45, 2.75) is 24.7 Å². The minimum atomic E-state index is -0.0595. The predicted octanol–water partition coefficient (Wildman–Crippen LogP) is 4.34. The van der Waals surface area contributed by atoms with E-state index in [2.05, 4.69) is 25.2 Å². The van der Waals surface area contributed by atoms with Crippen LogP contribution < -0.4 is 10.1 Å². The number of nitrogens with one attached hydrogen (secondary N) is 1. The SMILES string of the molecule is CSc1ccccc1C(=O)NCCOc1ccccc1C(C)C. The molecule has 4 heteroatoms. The summed E-state index contributed by atoms with van der Waals surface area (Å²) in [5, 5.41) is 2.92. The van der Waals surface area contributed by atoms with E-state index in [0.717, 1.165) is 10.6 Å². The van der Waals surface area contributed by atoms with Crippen molar-refractivity contribution in [3.63, 3.8) is 0 Å². The molecule has 3 nitrogen and oxygen atoms in total. The number of hydrogen-bond donors (Lipinski definition) is 1. The lowest BCUT2D eigenvalue weighted by Gasteiger charge is -2.14. The molecule has 1 amide bonds. The van der Waals surface area contributed by atoms with Crippen molar-refractivity contribution < 1.29 is 9.53 Å². The maximum Gasteiger partial charge on any atom is 0.252 e. The molecule has 0 fully saturated rings. The summed E-state index contributed by atoms with van der Waals surface area (Å²) in [6, 6.07) is 15.6. The number of thioether (sulfide) groups is 1. The van der Waals surface area contributed by atoms with Crippen LogP contribution in [0.25, 0.3) is 0 Å². The van der Waals surface area contributed by atoms with Crippen molar-refractivity contribution in [1.29, 1.82) is 0 Å². The van der Waals surface area contributed by atoms with Crippen molar-refractivity contribution in [3.05, 3.63) is 59.7 Å². The number of benzene rings is 2. The van der Waals surface area contributed by atoms with Crippen LogP contribution in [0.3, 0.4) is 0 Å². The van der Waals surface area contributed by atoms with Crippen LogP contribution >= 0.6 is 11.8 Å². The van der Waals surface area contributed by atoms with Gasteiger partial charge in [-0.2, -0.15) is 0 Å². The van der Waals surface area contributed by atoms with Crippen LogP contribution in [0.4, 0.5) is 0 Å². The van der Waals surface area contributed by atoms with Crippen LogP contribution in [-0.2, 0) is 0 Å². The van der Waals surface area contributed by atoms with Crippen LogP contribution in [-0.4, -0.2) is 25.3 Å². The minimum Gasteiger partial charge on any atom is -0.491 e. The number of amides is 1. The van der Waals surface area contributed by atoms with Crippen molar-refractivity contribution in [2.24, 2.45) is 0 Å². The smallest absolute Gasteiger partial charge is 0.252 e. The molecule has 0 aromatic heterocycles. The third-order valence-corrected chi connectivity index (χ3v) is 4.33. The van der Waals surface area contributed by atoms with Gasteiger partial charge in [0.15, 0.2) is 0 Å². The Labute approximate surface area is 142 Å². The van der Waals surface area contributed by atoms with Gasteiger partial charge >= 0.3 is 0 Å². The van der Waals surface area contributed by atoms with E-state index in [-0.39, 0.29) is 5.91 Å². The van der Waals surface area contributed by atoms with Crippen LogP contribution in [0.2, 0.25) is 0 Å². The third-order valence-electron chi connectivity index (χ3n) is 3.54. The van der Waals surface area contributed by atoms with Gasteiger partial charge in [-0.1, -0.05) is 44.2 Å². The van der Waals surface area contributed by atoms with Crippen molar-refractivity contribution >= 4 is 17.7 Å². The van der Waals surface area contributed by atoms with Gasteiger partial charge < -0.3 is 10.1 Å². The van der Waals surface area contributed by atoms with Crippen LogP contribution in [0.15, 0.2) is 53.4 Å². The molecule has 23 heavy (non-hydrogen) atoms. The quantitative estimate of drug-likeness (QED) is 0.606. The van der Waals surface area contributed by atoms with Gasteiger partial charge in [0.2, 0.25) is 0 Å². The van der Waals surface area contributed by atoms with Crippen molar-refractivity contribution in [3.8, 4) is 5.75 Å². The lowest BCUT2D eigenvalue weighted by Crippen LogP contribution is -2.28. The van der Waals surface area contributed by atoms with E-state index in [0.29, 0.717) is 24.6 Å². The first-order chi connectivity index (χ1) is 11.1. The molecule has 0 saturated carbocycles. The Morgan fingerprint density at radius 3 is 2.57 bits per heavy atom. The van der Waals surface area contributed by atoms with E-state index in [9.17, 15) is 4.79 Å². The van der Waals surface area contributed by atoms with Gasteiger partial charge in [-0.25, -0.2) is 0 Å². The fraction of sp³-hybridized carbons (Fsp3) is 0.316. The summed E-state index contributed by atoms with van der Waals surface area (Å²) < 4.78 is 5.82. The van der Waals surface area contributed by atoms with Crippen LogP contribution in [0.1, 0.15) is 35.7 Å². The zero-order valence-electron chi connectivity index (χ0n) is 13.8. The first kappa shape index (κ1) is 17.4. The first-order valence-corrected chi connectivity index (χ1v) is 8.99. The molecule has 2 rings (SSSR count). The molecular formula is C19H23NO2S. The van der Waals surface area contributed by atoms with E-state index in [1.165, 1.54) is 5.56 Å². The Morgan fingerprint density at radius 1 is 1.13 bits per heavy atom. The second kappa shape index (κ2) is 8.63. The first-order valence-electron chi connectivity index (χ1n) is 7.76. The van der Waals surface area contributed by atoms with Gasteiger partial charge in [0.25, 0.3) is 5.91 Å². The van der Waals surface area contributed by atoms with E-state index in [4.69, 9.17) is 4.74 Å². The Balaban J connectivity index is 1.87. The van der Waals surface area contributed by atoms with Gasteiger partial charge in [0, 0.05) is 4.90 Å². The summed E-state index contributed by atoms with van der Waals surface area (Å²) in [5.74, 6) is 1.24. The highest BCUT2D eigenvalue weighted by Gasteiger charge is 2.10. The summed E-state index contributed by atoms with van der Waals surface area (Å²) in [6.45, 7) is 5.22. The fourth-order valence-electron chi connectivity index (χ4n) is 2.34. The Bertz CT molecular complexity index is 655. The molecule has 0 atom stereocenters. The molecule has 0 unspecified atom stereocenters. The third kappa shape index (κ3) is 4.76. The Hall–Kier alpha value is -1.94. The summed E-state index contributed by atoms with van der Waals surface area (Å²) in [5.41, 5.74) is 1.90. The highest BCUT2D eigenvalue weighted by Crippen LogP contribution is 2.25. The molecule has 0 aliphatic carbocycles. The molecule has 0 radical (unpaired) electrons. The van der Waals surface area contributed by atoms with Crippen LogP contribution in [0, 0.1) is 0 Å². The molecule has 2 aromatic carbocycles. The average Bonchev–Trinajstić information content (AvgIpc) is 2.58. The largest absolute Gasteiger partial charge is 0.491 e. The van der Waals surface area contributed by atoms with E-state index in [1.807, 2.05) is 48.7 Å². The van der Waals surface area contributed by atoms with E-state index < -0.39 is 0 Å². The standard InChI is InChI=1S/C19H23NO2S/c1-14(2)15-8-4-6-10-17(15)22-13-12-20-19(21)16-9-5-7-11-18(16)23-3/h4-11,14H,12-13H2,1-3H3,(H,20,21). The number of carbonyl (C=O) groups is 1. The molecular weight excluding hydrogens is 306 g/mol. The van der Waals surface area contributed by atoms with Crippen molar-refractivity contribution in [1.82, 2.24) is 5.32 Å². The maximum absolute atomic E-state index is 12.2. The van der Waals surface area contributed by atoms with Gasteiger partial charge in [-0.3, -0.25) is 4.79 Å². The number of ether oxygens (including phenoxy) is 1. The molecule has 1 N–H and O–H groups in total. The van der Waals surface area contributed by atoms with Gasteiger partial charge in [0.05, 0.1) is 12.1 Å². The lowest BCUT2D eigenvalue weighted by molar-refractivity contribution is 0.0944. The minimum absolute atomic E-state index is 0.0595. The number of rotatable bonds is 7. The second-order valence-corrected chi connectivity index (χ2v) is 6.35. The van der Waals surface area contributed by atoms with Crippen LogP contribution in [0.5, 0.6) is 5.75 Å². The molecule has 2 aromatic rings. The molecule has 0 saturated heterocycles. The normalized spacial score (nSPS) is 10.6. The molecule has 0 aliphatic heterocycles. The highest BCUT2D eigenvalue weighted by atomic mass is 32.2. The number of para-hydroxylation sites is 1. The molecule has 122 valence electrons. The summed E-state index contributed by atoms with van der Waals surface area (Å²) in [4.78, 5) is 13.2. The number of hydrogen-bond acceptors (Lipinski definition) is 3. The van der Waals surface area contributed by atoms with Crippen molar-refractivity contribution in [2.75, 3.05) is 19.4 Å². The summed E-state index contributed by atoms with van der Waals surface area (Å²) in [6.07, 6.45) is 1.97. The summed E-state index contributed by atoms with van der Waals surface area (Å²) >= 11 is 1.57. The maximum atomic E-state index is 12.2. The zero-order valence-corrected chi connectivity index (χ0v) is 14.7. The monoisotopic (exact) mass is 329 g/mol. The van der Waals surface area contributed by atoms with E-state index in [1.54, 1.807) is 11.8 Å². The average molecular weight is 329 g/mol. The Kier molecular flexibility index (Phi) is 6.53. The highest BCUT2D eigenvalue weighted by molar-refractivity contribution is 7.98. The molecule has 0 aliphatic rings. The lowest BCUT2D eigenvalue weighted by atomic mass is 10.0. The molecule has 0 spiro atoms. The zero-order chi connectivity index (χ0) is 16.7. The Morgan fingerprint density at radius 2 is 1.83 bits per heavy atom. The van der Waals surface area contributed by atoms with Gasteiger partial charge in [0.1, 0.15) is 12.4 Å². The predicted molar refractivity (Wildman–Crippen MR) is 96.6 cm³/mol. The van der Waals surface area contributed by atoms with Gasteiger partial charge in [-0.15, -0.1) is 11.8 Å². The van der Waals surface area contributed by atoms with E-state index >= 15 is 0 Å².